The van der Waals surface area contributed by atoms with E-state index in [-0.39, 0.29) is 11.5 Å². The standard InChI is InChI=1S/C22H22O7/c1-5-27-15-7-8-16-18(12-15)29-20(21(16)23)11-14-6-9-17(19(10-14)25-3)28-13(2)22(24)26-4/h6-13H,5H2,1-4H3. The van der Waals surface area contributed by atoms with Crippen molar-refractivity contribution in [1.82, 2.24) is 0 Å². The van der Waals surface area contributed by atoms with Crippen molar-refractivity contribution in [1.29, 1.82) is 0 Å². The van der Waals surface area contributed by atoms with Gasteiger partial charge in [0.1, 0.15) is 11.5 Å². The topological polar surface area (TPSA) is 80.3 Å². The second-order valence-electron chi connectivity index (χ2n) is 6.22. The van der Waals surface area contributed by atoms with Gasteiger partial charge in [0.15, 0.2) is 23.4 Å². The van der Waals surface area contributed by atoms with Gasteiger partial charge in [0.2, 0.25) is 5.78 Å². The van der Waals surface area contributed by atoms with E-state index in [4.69, 9.17) is 18.9 Å². The minimum atomic E-state index is -0.785. The number of Topliss-reactive ketones (excluding diaryl/α,β-unsaturated/α-hetero) is 1. The zero-order chi connectivity index (χ0) is 21.0. The number of fused-ring (bicyclic) bond motifs is 1. The molecule has 0 saturated heterocycles. The molecule has 0 spiro atoms. The Hall–Kier alpha value is -3.48. The third kappa shape index (κ3) is 4.34. The maximum atomic E-state index is 12.6. The van der Waals surface area contributed by atoms with Gasteiger partial charge in [-0.1, -0.05) is 6.07 Å². The van der Waals surface area contributed by atoms with Gasteiger partial charge in [-0.25, -0.2) is 4.79 Å². The van der Waals surface area contributed by atoms with Crippen LogP contribution in [0.25, 0.3) is 6.08 Å². The zero-order valence-electron chi connectivity index (χ0n) is 16.7. The van der Waals surface area contributed by atoms with Crippen molar-refractivity contribution >= 4 is 17.8 Å². The Balaban J connectivity index is 1.83. The van der Waals surface area contributed by atoms with Gasteiger partial charge in [-0.05, 0) is 49.8 Å². The van der Waals surface area contributed by atoms with E-state index in [1.54, 1.807) is 49.4 Å². The summed E-state index contributed by atoms with van der Waals surface area (Å²) in [5.74, 6) is 1.41. The molecule has 7 nitrogen and oxygen atoms in total. The van der Waals surface area contributed by atoms with Crippen molar-refractivity contribution in [2.75, 3.05) is 20.8 Å². The second-order valence-corrected chi connectivity index (χ2v) is 6.22. The number of carbonyl (C=O) groups excluding carboxylic acids is 2. The molecule has 152 valence electrons. The largest absolute Gasteiger partial charge is 0.494 e. The average molecular weight is 398 g/mol. The van der Waals surface area contributed by atoms with Crippen LogP contribution in [0.5, 0.6) is 23.0 Å². The van der Waals surface area contributed by atoms with Gasteiger partial charge < -0.3 is 23.7 Å². The molecule has 3 rings (SSSR count). The van der Waals surface area contributed by atoms with Crippen LogP contribution < -0.4 is 18.9 Å². The van der Waals surface area contributed by atoms with Crippen LogP contribution >= 0.6 is 0 Å². The van der Waals surface area contributed by atoms with E-state index in [9.17, 15) is 9.59 Å². The van der Waals surface area contributed by atoms with Crippen LogP contribution in [0.4, 0.5) is 0 Å². The van der Waals surface area contributed by atoms with Gasteiger partial charge in [-0.15, -0.1) is 0 Å². The highest BCUT2D eigenvalue weighted by Gasteiger charge is 2.28. The summed E-state index contributed by atoms with van der Waals surface area (Å²) >= 11 is 0. The van der Waals surface area contributed by atoms with E-state index in [0.717, 1.165) is 0 Å². The summed E-state index contributed by atoms with van der Waals surface area (Å²) in [5, 5.41) is 0. The van der Waals surface area contributed by atoms with Crippen molar-refractivity contribution in [3.05, 3.63) is 53.3 Å². The first-order chi connectivity index (χ1) is 14.0. The number of hydrogen-bond donors (Lipinski definition) is 0. The summed E-state index contributed by atoms with van der Waals surface area (Å²) in [5.41, 5.74) is 1.17. The Morgan fingerprint density at radius 3 is 2.62 bits per heavy atom. The predicted molar refractivity (Wildman–Crippen MR) is 106 cm³/mol. The molecule has 0 bridgehead atoms. The van der Waals surface area contributed by atoms with Crippen LogP contribution in [-0.2, 0) is 9.53 Å². The average Bonchev–Trinajstić information content (AvgIpc) is 3.03. The van der Waals surface area contributed by atoms with Crippen LogP contribution in [0, 0.1) is 0 Å². The number of ether oxygens (including phenoxy) is 5. The number of ketones is 1. The molecule has 29 heavy (non-hydrogen) atoms. The van der Waals surface area contributed by atoms with Gasteiger partial charge in [-0.3, -0.25) is 4.79 Å². The number of hydrogen-bond acceptors (Lipinski definition) is 7. The third-order valence-electron chi connectivity index (χ3n) is 4.27. The van der Waals surface area contributed by atoms with Crippen molar-refractivity contribution in [2.24, 2.45) is 0 Å². The van der Waals surface area contributed by atoms with Crippen LogP contribution in [0.15, 0.2) is 42.2 Å². The molecule has 0 N–H and O–H groups in total. The lowest BCUT2D eigenvalue weighted by Gasteiger charge is -2.15. The van der Waals surface area contributed by atoms with E-state index in [0.29, 0.717) is 40.7 Å². The molecule has 2 aromatic rings. The maximum absolute atomic E-state index is 12.6. The molecule has 1 unspecified atom stereocenters. The molecule has 0 fully saturated rings. The number of methoxy groups -OCH3 is 2. The second kappa shape index (κ2) is 8.68. The molecule has 0 saturated carbocycles. The van der Waals surface area contributed by atoms with Crippen LogP contribution in [0.3, 0.4) is 0 Å². The van der Waals surface area contributed by atoms with Crippen molar-refractivity contribution < 1.29 is 33.3 Å². The van der Waals surface area contributed by atoms with E-state index >= 15 is 0 Å². The van der Waals surface area contributed by atoms with E-state index in [2.05, 4.69) is 4.74 Å². The highest BCUT2D eigenvalue weighted by Crippen LogP contribution is 2.36. The lowest BCUT2D eigenvalue weighted by atomic mass is 10.1. The van der Waals surface area contributed by atoms with Crippen molar-refractivity contribution in [2.45, 2.75) is 20.0 Å². The minimum Gasteiger partial charge on any atom is -0.494 e. The fourth-order valence-electron chi connectivity index (χ4n) is 2.85. The van der Waals surface area contributed by atoms with Crippen molar-refractivity contribution in [3.8, 4) is 23.0 Å². The highest BCUT2D eigenvalue weighted by atomic mass is 16.6. The molecule has 1 atom stereocenters. The molecule has 1 heterocycles. The summed E-state index contributed by atoms with van der Waals surface area (Å²) < 4.78 is 26.8. The third-order valence-corrected chi connectivity index (χ3v) is 4.27. The van der Waals surface area contributed by atoms with Gasteiger partial charge in [0.05, 0.1) is 26.4 Å². The van der Waals surface area contributed by atoms with Gasteiger partial charge in [0, 0.05) is 6.07 Å². The normalized spacial score (nSPS) is 14.8. The molecule has 2 aromatic carbocycles. The van der Waals surface area contributed by atoms with E-state index in [1.165, 1.54) is 14.2 Å². The molecule has 0 amide bonds. The monoisotopic (exact) mass is 398 g/mol. The summed E-state index contributed by atoms with van der Waals surface area (Å²) in [6.07, 6.45) is 0.838. The van der Waals surface area contributed by atoms with Crippen LogP contribution in [0.2, 0.25) is 0 Å². The number of carbonyl (C=O) groups is 2. The Kier molecular flexibility index (Phi) is 6.07. The number of allylic oxidation sites excluding steroid dienone is 1. The quantitative estimate of drug-likeness (QED) is 0.520. The summed E-state index contributed by atoms with van der Waals surface area (Å²) in [6, 6.07) is 10.2. The molecular weight excluding hydrogens is 376 g/mol. The van der Waals surface area contributed by atoms with Gasteiger partial charge in [-0.2, -0.15) is 0 Å². The molecular formula is C22H22O7. The highest BCUT2D eigenvalue weighted by molar-refractivity contribution is 6.14. The molecule has 0 aliphatic carbocycles. The first kappa shape index (κ1) is 20.3. The maximum Gasteiger partial charge on any atom is 0.346 e. The summed E-state index contributed by atoms with van der Waals surface area (Å²) in [4.78, 5) is 24.2. The number of benzene rings is 2. The Labute approximate surface area is 168 Å². The Bertz CT molecular complexity index is 962. The smallest absolute Gasteiger partial charge is 0.346 e. The van der Waals surface area contributed by atoms with E-state index in [1.807, 2.05) is 6.92 Å². The fraction of sp³-hybridized carbons (Fsp3) is 0.273. The first-order valence-corrected chi connectivity index (χ1v) is 9.10. The Morgan fingerprint density at radius 1 is 1.14 bits per heavy atom. The van der Waals surface area contributed by atoms with Crippen molar-refractivity contribution in [3.63, 3.8) is 0 Å². The molecule has 1 aliphatic rings. The van der Waals surface area contributed by atoms with Crippen LogP contribution in [-0.4, -0.2) is 38.7 Å². The molecule has 0 aromatic heterocycles. The molecule has 0 radical (unpaired) electrons. The first-order valence-electron chi connectivity index (χ1n) is 9.10. The number of rotatable bonds is 7. The van der Waals surface area contributed by atoms with Gasteiger partial charge >= 0.3 is 5.97 Å². The summed E-state index contributed by atoms with van der Waals surface area (Å²) in [6.45, 7) is 4.00. The zero-order valence-corrected chi connectivity index (χ0v) is 16.7. The number of esters is 1. The lowest BCUT2D eigenvalue weighted by molar-refractivity contribution is -0.147. The lowest BCUT2D eigenvalue weighted by Crippen LogP contribution is -2.25. The van der Waals surface area contributed by atoms with E-state index < -0.39 is 12.1 Å². The predicted octanol–water partition coefficient (Wildman–Crippen LogP) is 3.65. The Morgan fingerprint density at radius 2 is 1.93 bits per heavy atom. The van der Waals surface area contributed by atoms with Crippen LogP contribution in [0.1, 0.15) is 29.8 Å². The molecule has 1 aliphatic heterocycles. The van der Waals surface area contributed by atoms with Gasteiger partial charge in [0.25, 0.3) is 0 Å². The summed E-state index contributed by atoms with van der Waals surface area (Å²) in [7, 11) is 2.78. The SMILES string of the molecule is CCOc1ccc2c(c1)OC(=Cc1ccc(OC(C)C(=O)OC)c(OC)c1)C2=O. The fourth-order valence-corrected chi connectivity index (χ4v) is 2.85. The molecule has 7 heteroatoms. The minimum absolute atomic E-state index is 0.201.